The molecule has 1 aromatic heterocycles. The zero-order valence-electron chi connectivity index (χ0n) is 10.3. The topological polar surface area (TPSA) is 97.5 Å². The average molecular weight is 251 g/mol. The highest BCUT2D eigenvalue weighted by Crippen LogP contribution is 2.25. The number of aromatic nitrogens is 1. The molecule has 18 heavy (non-hydrogen) atoms. The lowest BCUT2D eigenvalue weighted by Crippen LogP contribution is -2.32. The Morgan fingerprint density at radius 3 is 3.11 bits per heavy atom. The number of ether oxygens (including phenoxy) is 1. The normalized spacial score (nSPS) is 22.9. The fourth-order valence-corrected chi connectivity index (χ4v) is 2.00. The van der Waals surface area contributed by atoms with Crippen LogP contribution in [0.15, 0.2) is 12.3 Å². The molecule has 98 valence electrons. The quantitative estimate of drug-likeness (QED) is 0.747. The van der Waals surface area contributed by atoms with Gasteiger partial charge in [0.25, 0.3) is 0 Å². The molecule has 0 radical (unpaired) electrons. The van der Waals surface area contributed by atoms with Gasteiger partial charge >= 0.3 is 5.97 Å². The fraction of sp³-hybridized carbons (Fsp3) is 0.500. The van der Waals surface area contributed by atoms with E-state index in [4.69, 9.17) is 15.6 Å². The zero-order chi connectivity index (χ0) is 13.2. The second-order valence-corrected chi connectivity index (χ2v) is 4.72. The van der Waals surface area contributed by atoms with Gasteiger partial charge in [0.2, 0.25) is 0 Å². The Bertz CT molecular complexity index is 456. The molecule has 0 amide bonds. The van der Waals surface area contributed by atoms with Crippen molar-refractivity contribution in [2.45, 2.75) is 25.4 Å². The van der Waals surface area contributed by atoms with Crippen LogP contribution in [0.5, 0.6) is 0 Å². The van der Waals surface area contributed by atoms with Gasteiger partial charge in [-0.3, -0.25) is 0 Å². The molecule has 2 heterocycles. The third-order valence-electron chi connectivity index (χ3n) is 3.11. The third kappa shape index (κ3) is 2.70. The maximum Gasteiger partial charge on any atom is 0.337 e. The predicted molar refractivity (Wildman–Crippen MR) is 67.7 cm³/mol. The molecule has 1 aliphatic rings. The van der Waals surface area contributed by atoms with Crippen molar-refractivity contribution in [2.75, 3.05) is 24.2 Å². The molecule has 1 atom stereocenters. The Kier molecular flexibility index (Phi) is 3.38. The van der Waals surface area contributed by atoms with E-state index >= 15 is 0 Å². The zero-order valence-corrected chi connectivity index (χ0v) is 10.3. The maximum absolute atomic E-state index is 10.9. The number of pyridine rings is 1. The second kappa shape index (κ2) is 4.81. The van der Waals surface area contributed by atoms with Crippen LogP contribution in [0.2, 0.25) is 0 Å². The minimum Gasteiger partial charge on any atom is -0.478 e. The smallest absolute Gasteiger partial charge is 0.337 e. The number of nitrogens with two attached hydrogens (primary N) is 1. The summed E-state index contributed by atoms with van der Waals surface area (Å²) >= 11 is 0. The molecule has 0 aromatic carbocycles. The molecule has 0 saturated carbocycles. The lowest BCUT2D eigenvalue weighted by Gasteiger charge is -2.23. The highest BCUT2D eigenvalue weighted by Gasteiger charge is 2.29. The first-order valence-corrected chi connectivity index (χ1v) is 5.87. The van der Waals surface area contributed by atoms with Crippen LogP contribution >= 0.6 is 0 Å². The van der Waals surface area contributed by atoms with E-state index in [0.717, 1.165) is 19.4 Å². The number of aromatic carboxylic acids is 1. The summed E-state index contributed by atoms with van der Waals surface area (Å²) in [6, 6.07) is 1.44. The van der Waals surface area contributed by atoms with Crippen molar-refractivity contribution in [1.29, 1.82) is 0 Å². The lowest BCUT2D eigenvalue weighted by molar-refractivity contribution is 0.0315. The van der Waals surface area contributed by atoms with Gasteiger partial charge in [0.05, 0.1) is 23.0 Å². The Morgan fingerprint density at radius 2 is 2.50 bits per heavy atom. The molecule has 0 spiro atoms. The lowest BCUT2D eigenvalue weighted by atomic mass is 10.0. The van der Waals surface area contributed by atoms with Crippen LogP contribution in [-0.2, 0) is 4.74 Å². The Labute approximate surface area is 105 Å². The van der Waals surface area contributed by atoms with E-state index in [9.17, 15) is 4.79 Å². The average Bonchev–Trinajstić information content (AvgIpc) is 2.75. The number of carboxylic acid groups (broad SMARTS) is 1. The van der Waals surface area contributed by atoms with Crippen molar-refractivity contribution in [2.24, 2.45) is 0 Å². The van der Waals surface area contributed by atoms with Gasteiger partial charge < -0.3 is 20.9 Å². The monoisotopic (exact) mass is 251 g/mol. The molecule has 1 aliphatic heterocycles. The number of rotatable bonds is 4. The summed E-state index contributed by atoms with van der Waals surface area (Å²) in [5, 5.41) is 12.1. The summed E-state index contributed by atoms with van der Waals surface area (Å²) in [4.78, 5) is 15.0. The predicted octanol–water partition coefficient (Wildman–Crippen LogP) is 1.34. The minimum atomic E-state index is -1.05. The highest BCUT2D eigenvalue weighted by molar-refractivity contribution is 5.94. The van der Waals surface area contributed by atoms with E-state index < -0.39 is 5.97 Å². The molecule has 0 aliphatic carbocycles. The number of carboxylic acids is 1. The third-order valence-corrected chi connectivity index (χ3v) is 3.11. The van der Waals surface area contributed by atoms with Crippen LogP contribution in [0.1, 0.15) is 30.1 Å². The highest BCUT2D eigenvalue weighted by atomic mass is 16.5. The van der Waals surface area contributed by atoms with Crippen molar-refractivity contribution in [3.8, 4) is 0 Å². The summed E-state index contributed by atoms with van der Waals surface area (Å²) in [5.41, 5.74) is 5.56. The molecular weight excluding hydrogens is 234 g/mol. The first-order valence-electron chi connectivity index (χ1n) is 5.87. The molecule has 4 N–H and O–H groups in total. The van der Waals surface area contributed by atoms with Gasteiger partial charge in [0.1, 0.15) is 5.82 Å². The van der Waals surface area contributed by atoms with Crippen LogP contribution in [0.4, 0.5) is 11.5 Å². The summed E-state index contributed by atoms with van der Waals surface area (Å²) < 4.78 is 5.63. The number of hydrogen-bond acceptors (Lipinski definition) is 5. The summed E-state index contributed by atoms with van der Waals surface area (Å²) in [7, 11) is 0. The molecule has 1 unspecified atom stereocenters. The van der Waals surface area contributed by atoms with Gasteiger partial charge in [-0.15, -0.1) is 0 Å². The Hall–Kier alpha value is -1.82. The van der Waals surface area contributed by atoms with Gasteiger partial charge in [-0.05, 0) is 25.8 Å². The first-order chi connectivity index (χ1) is 8.50. The Balaban J connectivity index is 2.05. The van der Waals surface area contributed by atoms with Crippen molar-refractivity contribution < 1.29 is 14.6 Å². The van der Waals surface area contributed by atoms with E-state index in [-0.39, 0.29) is 16.9 Å². The van der Waals surface area contributed by atoms with Crippen molar-refractivity contribution in [3.05, 3.63) is 17.8 Å². The molecule has 6 heteroatoms. The first kappa shape index (κ1) is 12.6. The van der Waals surface area contributed by atoms with Crippen LogP contribution in [0.25, 0.3) is 0 Å². The molecule has 1 aromatic rings. The van der Waals surface area contributed by atoms with E-state index in [2.05, 4.69) is 10.3 Å². The standard InChI is InChI=1S/C12H17N3O3/c1-12(3-2-4-18-12)7-15-10-5-8(11(16)17)9(13)6-14-10/h5-6H,2-4,7,13H2,1H3,(H,14,15)(H,16,17). The van der Waals surface area contributed by atoms with Gasteiger partial charge in [0.15, 0.2) is 0 Å². The van der Waals surface area contributed by atoms with Crippen LogP contribution in [-0.4, -0.2) is 34.8 Å². The van der Waals surface area contributed by atoms with Gasteiger partial charge in [-0.25, -0.2) is 9.78 Å². The van der Waals surface area contributed by atoms with E-state index in [1.165, 1.54) is 12.3 Å². The molecule has 1 saturated heterocycles. The van der Waals surface area contributed by atoms with Gasteiger partial charge in [-0.1, -0.05) is 0 Å². The number of nitrogen functional groups attached to an aromatic ring is 1. The van der Waals surface area contributed by atoms with Gasteiger partial charge in [-0.2, -0.15) is 0 Å². The molecule has 6 nitrogen and oxygen atoms in total. The molecular formula is C12H17N3O3. The fourth-order valence-electron chi connectivity index (χ4n) is 2.00. The van der Waals surface area contributed by atoms with Crippen molar-refractivity contribution >= 4 is 17.5 Å². The molecule has 0 bridgehead atoms. The van der Waals surface area contributed by atoms with E-state index in [0.29, 0.717) is 12.4 Å². The van der Waals surface area contributed by atoms with Crippen molar-refractivity contribution in [3.63, 3.8) is 0 Å². The van der Waals surface area contributed by atoms with Crippen LogP contribution in [0, 0.1) is 0 Å². The van der Waals surface area contributed by atoms with E-state index in [1.54, 1.807) is 0 Å². The summed E-state index contributed by atoms with van der Waals surface area (Å²) in [6.45, 7) is 3.40. The summed E-state index contributed by atoms with van der Waals surface area (Å²) in [6.07, 6.45) is 3.39. The number of hydrogen-bond donors (Lipinski definition) is 3. The number of nitrogens with zero attached hydrogens (tertiary/aromatic N) is 1. The summed E-state index contributed by atoms with van der Waals surface area (Å²) in [5.74, 6) is -0.556. The number of anilines is 2. The minimum absolute atomic E-state index is 0.0602. The molecule has 2 rings (SSSR count). The Morgan fingerprint density at radius 1 is 1.72 bits per heavy atom. The maximum atomic E-state index is 10.9. The molecule has 1 fully saturated rings. The van der Waals surface area contributed by atoms with E-state index in [1.807, 2.05) is 6.92 Å². The largest absolute Gasteiger partial charge is 0.478 e. The van der Waals surface area contributed by atoms with Crippen LogP contribution in [0.3, 0.4) is 0 Å². The van der Waals surface area contributed by atoms with Gasteiger partial charge in [0, 0.05) is 13.2 Å². The number of nitrogens with one attached hydrogen (secondary N) is 1. The van der Waals surface area contributed by atoms with Crippen LogP contribution < -0.4 is 11.1 Å². The number of carbonyl (C=O) groups is 1. The SMILES string of the molecule is CC1(CNc2cc(C(=O)O)c(N)cn2)CCCO1. The van der Waals surface area contributed by atoms with Crippen molar-refractivity contribution in [1.82, 2.24) is 4.98 Å². The second-order valence-electron chi connectivity index (χ2n) is 4.72.